The number of amides is 2. The molecule has 6 heteroatoms. The molecule has 2 heterocycles. The van der Waals surface area contributed by atoms with Crippen LogP contribution in [-0.2, 0) is 4.79 Å². The van der Waals surface area contributed by atoms with Crippen molar-refractivity contribution in [3.63, 3.8) is 0 Å². The molecule has 3 rings (SSSR count). The second-order valence-electron chi connectivity index (χ2n) is 5.76. The lowest BCUT2D eigenvalue weighted by Crippen LogP contribution is -2.53. The number of likely N-dealkylation sites (tertiary alicyclic amines) is 1. The Morgan fingerprint density at radius 2 is 1.77 bits per heavy atom. The molecule has 2 fully saturated rings. The van der Waals surface area contributed by atoms with Crippen molar-refractivity contribution in [1.29, 1.82) is 0 Å². The van der Waals surface area contributed by atoms with Gasteiger partial charge in [-0.05, 0) is 37.1 Å². The molecule has 2 aliphatic heterocycles. The molecular formula is C16H19ClN2O2S. The molecular weight excluding hydrogens is 320 g/mol. The minimum Gasteiger partial charge on any atom is -0.343 e. The molecule has 0 N–H and O–H groups in total. The Bertz CT molecular complexity index is 582. The van der Waals surface area contributed by atoms with Gasteiger partial charge in [-0.15, -0.1) is 11.8 Å². The summed E-state index contributed by atoms with van der Waals surface area (Å²) in [4.78, 5) is 28.1. The highest BCUT2D eigenvalue weighted by Crippen LogP contribution is 2.44. The molecule has 118 valence electrons. The summed E-state index contributed by atoms with van der Waals surface area (Å²) in [5.41, 5.74) is 0.681. The van der Waals surface area contributed by atoms with E-state index in [1.165, 1.54) is 0 Å². The van der Waals surface area contributed by atoms with Crippen LogP contribution in [-0.4, -0.2) is 51.9 Å². The van der Waals surface area contributed by atoms with Crippen molar-refractivity contribution in [3.8, 4) is 0 Å². The number of benzene rings is 1. The summed E-state index contributed by atoms with van der Waals surface area (Å²) in [5, 5.41) is 0.636. The molecule has 1 spiro atoms. The standard InChI is InChI=1S/C16H19ClN2O2S/c1-12(20)18-8-6-16(7-9-18)19(10-11-22-16)15(21)13-2-4-14(17)5-3-13/h2-5H,6-11H2,1H3. The van der Waals surface area contributed by atoms with Crippen molar-refractivity contribution in [3.05, 3.63) is 34.9 Å². The molecule has 1 aromatic carbocycles. The van der Waals surface area contributed by atoms with Gasteiger partial charge in [-0.25, -0.2) is 0 Å². The zero-order valence-electron chi connectivity index (χ0n) is 12.5. The van der Waals surface area contributed by atoms with Crippen molar-refractivity contribution in [1.82, 2.24) is 9.80 Å². The third kappa shape index (κ3) is 2.84. The van der Waals surface area contributed by atoms with Gasteiger partial charge in [-0.1, -0.05) is 11.6 Å². The molecule has 2 saturated heterocycles. The molecule has 2 amide bonds. The van der Waals surface area contributed by atoms with Crippen LogP contribution in [0.1, 0.15) is 30.1 Å². The molecule has 0 radical (unpaired) electrons. The summed E-state index contributed by atoms with van der Waals surface area (Å²) in [6.45, 7) is 3.84. The summed E-state index contributed by atoms with van der Waals surface area (Å²) >= 11 is 7.75. The van der Waals surface area contributed by atoms with Gasteiger partial charge in [0, 0.05) is 42.9 Å². The molecule has 1 aromatic rings. The molecule has 0 bridgehead atoms. The number of carbonyl (C=O) groups excluding carboxylic acids is 2. The lowest BCUT2D eigenvalue weighted by atomic mass is 10.0. The molecule has 2 aliphatic rings. The number of halogens is 1. The largest absolute Gasteiger partial charge is 0.343 e. The summed E-state index contributed by atoms with van der Waals surface area (Å²) < 4.78 is 0. The zero-order valence-corrected chi connectivity index (χ0v) is 14.1. The van der Waals surface area contributed by atoms with Crippen molar-refractivity contribution >= 4 is 35.2 Å². The van der Waals surface area contributed by atoms with Crippen LogP contribution in [0.3, 0.4) is 0 Å². The quantitative estimate of drug-likeness (QED) is 0.790. The highest BCUT2D eigenvalue weighted by molar-refractivity contribution is 8.00. The lowest BCUT2D eigenvalue weighted by Gasteiger charge is -2.43. The molecule has 22 heavy (non-hydrogen) atoms. The van der Waals surface area contributed by atoms with E-state index in [9.17, 15) is 9.59 Å². The Hall–Kier alpha value is -1.20. The number of rotatable bonds is 1. The molecule has 0 atom stereocenters. The molecule has 0 aliphatic carbocycles. The zero-order chi connectivity index (χ0) is 15.7. The summed E-state index contributed by atoms with van der Waals surface area (Å²) in [6, 6.07) is 7.07. The van der Waals surface area contributed by atoms with Crippen LogP contribution < -0.4 is 0 Å². The molecule has 0 unspecified atom stereocenters. The second-order valence-corrected chi connectivity index (χ2v) is 7.66. The van der Waals surface area contributed by atoms with E-state index in [1.54, 1.807) is 31.2 Å². The van der Waals surface area contributed by atoms with E-state index < -0.39 is 0 Å². The van der Waals surface area contributed by atoms with Crippen LogP contribution in [0.4, 0.5) is 0 Å². The van der Waals surface area contributed by atoms with E-state index in [0.29, 0.717) is 10.6 Å². The predicted octanol–water partition coefficient (Wildman–Crippen LogP) is 2.87. The van der Waals surface area contributed by atoms with E-state index >= 15 is 0 Å². The Morgan fingerprint density at radius 3 is 2.36 bits per heavy atom. The smallest absolute Gasteiger partial charge is 0.254 e. The van der Waals surface area contributed by atoms with Crippen LogP contribution in [0.25, 0.3) is 0 Å². The van der Waals surface area contributed by atoms with Gasteiger partial charge in [0.15, 0.2) is 0 Å². The molecule has 4 nitrogen and oxygen atoms in total. The maximum absolute atomic E-state index is 12.8. The van der Waals surface area contributed by atoms with Gasteiger partial charge in [-0.2, -0.15) is 0 Å². The second kappa shape index (κ2) is 6.13. The third-order valence-electron chi connectivity index (χ3n) is 4.50. The minimum absolute atomic E-state index is 0.0675. The van der Waals surface area contributed by atoms with E-state index in [4.69, 9.17) is 11.6 Å². The normalized spacial score (nSPS) is 20.5. The summed E-state index contributed by atoms with van der Waals surface area (Å²) in [7, 11) is 0. The minimum atomic E-state index is -0.150. The van der Waals surface area contributed by atoms with Crippen LogP contribution >= 0.6 is 23.4 Å². The Kier molecular flexibility index (Phi) is 4.37. The average Bonchev–Trinajstić information content (AvgIpc) is 2.91. The number of hydrogen-bond donors (Lipinski definition) is 0. The fourth-order valence-corrected chi connectivity index (χ4v) is 4.81. The first-order valence-corrected chi connectivity index (χ1v) is 8.85. The van der Waals surface area contributed by atoms with Gasteiger partial charge in [-0.3, -0.25) is 9.59 Å². The fourth-order valence-electron chi connectivity index (χ4n) is 3.23. The predicted molar refractivity (Wildman–Crippen MR) is 89.2 cm³/mol. The van der Waals surface area contributed by atoms with E-state index in [1.807, 2.05) is 21.6 Å². The maximum Gasteiger partial charge on any atom is 0.254 e. The third-order valence-corrected chi connectivity index (χ3v) is 6.31. The molecule has 0 aromatic heterocycles. The lowest BCUT2D eigenvalue weighted by molar-refractivity contribution is -0.130. The maximum atomic E-state index is 12.8. The highest BCUT2D eigenvalue weighted by Gasteiger charge is 2.46. The van der Waals surface area contributed by atoms with Gasteiger partial charge >= 0.3 is 0 Å². The van der Waals surface area contributed by atoms with Gasteiger partial charge in [0.05, 0.1) is 4.87 Å². The van der Waals surface area contributed by atoms with Crippen molar-refractivity contribution < 1.29 is 9.59 Å². The fraction of sp³-hybridized carbons (Fsp3) is 0.500. The summed E-state index contributed by atoms with van der Waals surface area (Å²) in [6.07, 6.45) is 1.69. The monoisotopic (exact) mass is 338 g/mol. The highest BCUT2D eigenvalue weighted by atomic mass is 35.5. The van der Waals surface area contributed by atoms with E-state index in [0.717, 1.165) is 38.2 Å². The van der Waals surface area contributed by atoms with E-state index in [-0.39, 0.29) is 16.7 Å². The molecule has 0 saturated carbocycles. The Morgan fingerprint density at radius 1 is 1.14 bits per heavy atom. The van der Waals surface area contributed by atoms with Gasteiger partial charge < -0.3 is 9.80 Å². The van der Waals surface area contributed by atoms with Gasteiger partial charge in [0.2, 0.25) is 5.91 Å². The first kappa shape index (κ1) is 15.7. The SMILES string of the molecule is CC(=O)N1CCC2(CC1)SCCN2C(=O)c1ccc(Cl)cc1. The van der Waals surface area contributed by atoms with Gasteiger partial charge in [0.25, 0.3) is 5.91 Å². The van der Waals surface area contributed by atoms with Crippen LogP contribution in [0.5, 0.6) is 0 Å². The summed E-state index contributed by atoms with van der Waals surface area (Å²) in [5.74, 6) is 1.14. The van der Waals surface area contributed by atoms with Crippen molar-refractivity contribution in [2.45, 2.75) is 24.6 Å². The van der Waals surface area contributed by atoms with Gasteiger partial charge in [0.1, 0.15) is 0 Å². The Labute approximate surface area is 139 Å². The number of nitrogens with zero attached hydrogens (tertiary/aromatic N) is 2. The number of thioether (sulfide) groups is 1. The van der Waals surface area contributed by atoms with Crippen LogP contribution in [0, 0.1) is 0 Å². The number of hydrogen-bond acceptors (Lipinski definition) is 3. The van der Waals surface area contributed by atoms with Crippen molar-refractivity contribution in [2.75, 3.05) is 25.4 Å². The Balaban J connectivity index is 1.77. The number of carbonyl (C=O) groups is 2. The van der Waals surface area contributed by atoms with Crippen molar-refractivity contribution in [2.24, 2.45) is 0 Å². The first-order valence-electron chi connectivity index (χ1n) is 7.49. The first-order chi connectivity index (χ1) is 10.5. The average molecular weight is 339 g/mol. The number of piperidine rings is 1. The van der Waals surface area contributed by atoms with E-state index in [2.05, 4.69) is 0 Å². The van der Waals surface area contributed by atoms with Crippen LogP contribution in [0.2, 0.25) is 5.02 Å². The van der Waals surface area contributed by atoms with Crippen LogP contribution in [0.15, 0.2) is 24.3 Å². The topological polar surface area (TPSA) is 40.6 Å².